The summed E-state index contributed by atoms with van der Waals surface area (Å²) in [5, 5.41) is 25.2. The number of nitrogens with zero attached hydrogens (tertiary/aromatic N) is 4. The molecular weight excluding hydrogens is 206 g/mol. The Morgan fingerprint density at radius 2 is 2.38 bits per heavy atom. The summed E-state index contributed by atoms with van der Waals surface area (Å²) in [5.41, 5.74) is 7.38. The number of nitrogens with two attached hydrogens (primary N) is 1. The summed E-state index contributed by atoms with van der Waals surface area (Å²) < 4.78 is 0. The Morgan fingerprint density at radius 1 is 1.50 bits per heavy atom. The monoisotopic (exact) mass is 215 g/mol. The van der Waals surface area contributed by atoms with E-state index >= 15 is 0 Å². The van der Waals surface area contributed by atoms with Crippen LogP contribution in [0.1, 0.15) is 11.4 Å². The van der Waals surface area contributed by atoms with Crippen molar-refractivity contribution in [1.29, 1.82) is 5.26 Å². The molecule has 4 N–H and O–H groups in total. The maximum absolute atomic E-state index is 8.71. The minimum atomic E-state index is 0.445. The predicted octanol–water partition coefficient (Wildman–Crippen LogP) is 0.266. The molecule has 1 aromatic carbocycles. The Bertz CT molecular complexity index is 511. The highest BCUT2D eigenvalue weighted by Gasteiger charge is 2.01. The second kappa shape index (κ2) is 4.27. The van der Waals surface area contributed by atoms with Crippen molar-refractivity contribution >= 4 is 11.4 Å². The van der Waals surface area contributed by atoms with Gasteiger partial charge >= 0.3 is 0 Å². The number of anilines is 2. The number of nitrogen functional groups attached to an aromatic ring is 1. The van der Waals surface area contributed by atoms with Crippen LogP contribution in [0.25, 0.3) is 0 Å². The molecule has 2 rings (SSSR count). The van der Waals surface area contributed by atoms with Gasteiger partial charge in [0.05, 0.1) is 17.8 Å². The van der Waals surface area contributed by atoms with E-state index in [4.69, 9.17) is 11.0 Å². The van der Waals surface area contributed by atoms with Crippen LogP contribution in [0.5, 0.6) is 0 Å². The topological polar surface area (TPSA) is 116 Å². The number of rotatable bonds is 3. The lowest BCUT2D eigenvalue weighted by Gasteiger charge is -2.05. The van der Waals surface area contributed by atoms with Crippen molar-refractivity contribution in [2.45, 2.75) is 6.54 Å². The van der Waals surface area contributed by atoms with Gasteiger partial charge in [0.15, 0.2) is 5.82 Å². The van der Waals surface area contributed by atoms with Crippen molar-refractivity contribution in [1.82, 2.24) is 20.6 Å². The average molecular weight is 215 g/mol. The molecule has 7 heteroatoms. The van der Waals surface area contributed by atoms with Crippen molar-refractivity contribution in [2.75, 3.05) is 11.1 Å². The van der Waals surface area contributed by atoms with Gasteiger partial charge in [0.25, 0.3) is 0 Å². The normalized spacial score (nSPS) is 9.69. The maximum Gasteiger partial charge on any atom is 0.193 e. The summed E-state index contributed by atoms with van der Waals surface area (Å²) in [6.07, 6.45) is 0. The quantitative estimate of drug-likeness (QED) is 0.632. The fraction of sp³-hybridized carbons (Fsp3) is 0.111. The van der Waals surface area contributed by atoms with Crippen LogP contribution in [0.15, 0.2) is 18.2 Å². The highest BCUT2D eigenvalue weighted by Crippen LogP contribution is 2.17. The van der Waals surface area contributed by atoms with E-state index < -0.39 is 0 Å². The number of tetrazole rings is 1. The zero-order chi connectivity index (χ0) is 11.4. The molecule has 0 atom stereocenters. The van der Waals surface area contributed by atoms with E-state index in [9.17, 15) is 0 Å². The molecule has 0 aliphatic carbocycles. The van der Waals surface area contributed by atoms with Crippen LogP contribution in [0.4, 0.5) is 11.4 Å². The van der Waals surface area contributed by atoms with Crippen LogP contribution in [0, 0.1) is 11.3 Å². The van der Waals surface area contributed by atoms with Crippen LogP contribution in [0.2, 0.25) is 0 Å². The van der Waals surface area contributed by atoms with E-state index in [1.165, 1.54) is 0 Å². The average Bonchev–Trinajstić information content (AvgIpc) is 2.79. The molecule has 0 fully saturated rings. The van der Waals surface area contributed by atoms with E-state index in [-0.39, 0.29) is 0 Å². The molecule has 1 aromatic heterocycles. The summed E-state index contributed by atoms with van der Waals surface area (Å²) in [4.78, 5) is 0. The minimum absolute atomic E-state index is 0.445. The Hall–Kier alpha value is -2.62. The summed E-state index contributed by atoms with van der Waals surface area (Å²) >= 11 is 0. The standard InChI is InChI=1S/C9H9N7/c10-4-6-1-2-7(3-8(6)11)12-5-9-13-15-16-14-9/h1-3,12H,5,11H2,(H,13,14,15,16). The van der Waals surface area contributed by atoms with Crippen LogP contribution in [-0.2, 0) is 6.54 Å². The van der Waals surface area contributed by atoms with Gasteiger partial charge in [-0.3, -0.25) is 0 Å². The fourth-order valence-corrected chi connectivity index (χ4v) is 1.21. The zero-order valence-corrected chi connectivity index (χ0v) is 8.31. The molecule has 0 spiro atoms. The number of aromatic nitrogens is 4. The number of aromatic amines is 1. The lowest BCUT2D eigenvalue weighted by atomic mass is 10.2. The Kier molecular flexibility index (Phi) is 2.65. The van der Waals surface area contributed by atoms with Gasteiger partial charge in [0.2, 0.25) is 0 Å². The molecular formula is C9H9N7. The number of nitrogens with one attached hydrogen (secondary N) is 2. The van der Waals surface area contributed by atoms with Crippen LogP contribution in [0.3, 0.4) is 0 Å². The lowest BCUT2D eigenvalue weighted by molar-refractivity contribution is 0.881. The molecule has 0 amide bonds. The van der Waals surface area contributed by atoms with Gasteiger partial charge in [0.1, 0.15) is 6.07 Å². The number of benzene rings is 1. The first-order chi connectivity index (χ1) is 7.79. The summed E-state index contributed by atoms with van der Waals surface area (Å²) in [7, 11) is 0. The van der Waals surface area contributed by atoms with Crippen molar-refractivity contribution in [3.8, 4) is 6.07 Å². The first-order valence-corrected chi connectivity index (χ1v) is 4.55. The third-order valence-corrected chi connectivity index (χ3v) is 2.01. The molecule has 0 aliphatic heterocycles. The largest absolute Gasteiger partial charge is 0.398 e. The summed E-state index contributed by atoms with van der Waals surface area (Å²) in [6, 6.07) is 7.13. The van der Waals surface area contributed by atoms with Gasteiger partial charge in [-0.1, -0.05) is 5.21 Å². The lowest BCUT2D eigenvalue weighted by Crippen LogP contribution is -2.02. The molecule has 0 radical (unpaired) electrons. The highest BCUT2D eigenvalue weighted by atomic mass is 15.5. The Morgan fingerprint density at radius 3 is 3.00 bits per heavy atom. The molecule has 0 aliphatic rings. The first-order valence-electron chi connectivity index (χ1n) is 4.55. The van der Waals surface area contributed by atoms with E-state index in [1.54, 1.807) is 18.2 Å². The fourth-order valence-electron chi connectivity index (χ4n) is 1.21. The van der Waals surface area contributed by atoms with E-state index in [0.29, 0.717) is 23.6 Å². The summed E-state index contributed by atoms with van der Waals surface area (Å²) in [5.74, 6) is 0.558. The van der Waals surface area contributed by atoms with Gasteiger partial charge in [0, 0.05) is 5.69 Å². The van der Waals surface area contributed by atoms with Crippen molar-refractivity contribution in [3.05, 3.63) is 29.6 Å². The Balaban J connectivity index is 2.06. The molecule has 0 saturated carbocycles. The maximum atomic E-state index is 8.71. The second-order valence-electron chi connectivity index (χ2n) is 3.10. The first kappa shape index (κ1) is 9.92. The second-order valence-corrected chi connectivity index (χ2v) is 3.10. The highest BCUT2D eigenvalue weighted by molar-refractivity contribution is 5.62. The van der Waals surface area contributed by atoms with Crippen LogP contribution < -0.4 is 11.1 Å². The van der Waals surface area contributed by atoms with Gasteiger partial charge in [-0.05, 0) is 18.2 Å². The number of hydrogen-bond acceptors (Lipinski definition) is 6. The van der Waals surface area contributed by atoms with E-state index in [2.05, 4.69) is 25.9 Å². The molecule has 0 saturated heterocycles. The van der Waals surface area contributed by atoms with Crippen molar-refractivity contribution in [2.24, 2.45) is 0 Å². The number of nitriles is 1. The molecule has 0 bridgehead atoms. The Labute approximate surface area is 91.3 Å². The van der Waals surface area contributed by atoms with Gasteiger partial charge in [-0.25, -0.2) is 0 Å². The minimum Gasteiger partial charge on any atom is -0.398 e. The van der Waals surface area contributed by atoms with E-state index in [1.807, 2.05) is 6.07 Å². The zero-order valence-electron chi connectivity index (χ0n) is 8.31. The van der Waals surface area contributed by atoms with Gasteiger partial charge in [-0.15, -0.1) is 10.2 Å². The molecule has 7 nitrogen and oxygen atoms in total. The van der Waals surface area contributed by atoms with E-state index in [0.717, 1.165) is 5.69 Å². The van der Waals surface area contributed by atoms with Crippen molar-refractivity contribution < 1.29 is 0 Å². The molecule has 2 aromatic rings. The van der Waals surface area contributed by atoms with Crippen LogP contribution >= 0.6 is 0 Å². The molecule has 1 heterocycles. The molecule has 80 valence electrons. The predicted molar refractivity (Wildman–Crippen MR) is 57.1 cm³/mol. The number of H-pyrrole nitrogens is 1. The third kappa shape index (κ3) is 2.06. The van der Waals surface area contributed by atoms with Crippen molar-refractivity contribution in [3.63, 3.8) is 0 Å². The number of hydrogen-bond donors (Lipinski definition) is 3. The molecule has 0 unspecified atom stereocenters. The molecule has 16 heavy (non-hydrogen) atoms. The van der Waals surface area contributed by atoms with Gasteiger partial charge < -0.3 is 11.1 Å². The third-order valence-electron chi connectivity index (χ3n) is 2.01. The SMILES string of the molecule is N#Cc1ccc(NCc2nn[nH]n2)cc1N. The smallest absolute Gasteiger partial charge is 0.193 e. The van der Waals surface area contributed by atoms with Crippen LogP contribution in [-0.4, -0.2) is 20.6 Å². The summed E-state index contributed by atoms with van der Waals surface area (Å²) in [6.45, 7) is 0.446. The van der Waals surface area contributed by atoms with Gasteiger partial charge in [-0.2, -0.15) is 10.5 Å².